The van der Waals surface area contributed by atoms with Crippen molar-refractivity contribution in [3.8, 4) is 22.3 Å². The Morgan fingerprint density at radius 1 is 0.667 bits per heavy atom. The van der Waals surface area contributed by atoms with Gasteiger partial charge >= 0.3 is 18.3 Å². The van der Waals surface area contributed by atoms with Gasteiger partial charge in [0, 0.05) is 0 Å². The van der Waals surface area contributed by atoms with E-state index in [4.69, 9.17) is 5.11 Å². The Morgan fingerprint density at radius 2 is 1.10 bits per heavy atom. The van der Waals surface area contributed by atoms with Crippen LogP contribution in [0.25, 0.3) is 22.3 Å². The van der Waals surface area contributed by atoms with Crippen LogP contribution in [0, 0.1) is 0 Å². The molecule has 0 heterocycles. The number of benzene rings is 3. The second-order valence-electron chi connectivity index (χ2n) is 6.60. The summed E-state index contributed by atoms with van der Waals surface area (Å²) < 4.78 is 77.0. The number of rotatable bonds is 4. The lowest BCUT2D eigenvalue weighted by molar-refractivity contribution is -0.138. The summed E-state index contributed by atoms with van der Waals surface area (Å²) in [6.45, 7) is 0. The maximum Gasteiger partial charge on any atom is 0.416 e. The van der Waals surface area contributed by atoms with Crippen LogP contribution in [0.1, 0.15) is 16.7 Å². The molecule has 3 rings (SSSR count). The van der Waals surface area contributed by atoms with Crippen molar-refractivity contribution in [3.05, 3.63) is 83.4 Å². The zero-order valence-corrected chi connectivity index (χ0v) is 15.2. The standard InChI is InChI=1S/C22H14F6O2/c23-21(24,25)16-6-2-14(3-7-16)18-10-1-13(12-20(29)30)11-19(18)15-4-8-17(9-5-15)22(26,27)28/h1-11H,12H2,(H,29,30). The van der Waals surface area contributed by atoms with Gasteiger partial charge in [-0.3, -0.25) is 4.79 Å². The first-order valence-corrected chi connectivity index (χ1v) is 8.65. The van der Waals surface area contributed by atoms with E-state index < -0.39 is 29.4 Å². The Morgan fingerprint density at radius 3 is 1.50 bits per heavy atom. The van der Waals surface area contributed by atoms with E-state index in [1.54, 1.807) is 6.07 Å². The van der Waals surface area contributed by atoms with Crippen LogP contribution in [0.4, 0.5) is 26.3 Å². The van der Waals surface area contributed by atoms with Crippen molar-refractivity contribution in [1.29, 1.82) is 0 Å². The molecule has 2 nitrogen and oxygen atoms in total. The van der Waals surface area contributed by atoms with Crippen LogP contribution in [0.2, 0.25) is 0 Å². The first-order valence-electron chi connectivity index (χ1n) is 8.65. The minimum Gasteiger partial charge on any atom is -0.481 e. The first kappa shape index (κ1) is 21.4. The molecule has 0 amide bonds. The van der Waals surface area contributed by atoms with Crippen LogP contribution in [-0.2, 0) is 23.6 Å². The van der Waals surface area contributed by atoms with Crippen LogP contribution in [0.5, 0.6) is 0 Å². The number of carboxylic acids is 1. The van der Waals surface area contributed by atoms with Gasteiger partial charge in [0.1, 0.15) is 0 Å². The normalized spacial score (nSPS) is 12.1. The van der Waals surface area contributed by atoms with Crippen molar-refractivity contribution >= 4 is 5.97 Å². The predicted molar refractivity (Wildman–Crippen MR) is 98.7 cm³/mol. The van der Waals surface area contributed by atoms with Gasteiger partial charge in [0.15, 0.2) is 0 Å². The van der Waals surface area contributed by atoms with E-state index in [-0.39, 0.29) is 6.42 Å². The largest absolute Gasteiger partial charge is 0.481 e. The van der Waals surface area contributed by atoms with Gasteiger partial charge in [0.2, 0.25) is 0 Å². The summed E-state index contributed by atoms with van der Waals surface area (Å²) in [5.74, 6) is -1.09. The van der Waals surface area contributed by atoms with Gasteiger partial charge < -0.3 is 5.11 Å². The lowest BCUT2D eigenvalue weighted by Gasteiger charge is -2.14. The highest BCUT2D eigenvalue weighted by Gasteiger charge is 2.31. The Hall–Kier alpha value is -3.29. The first-order chi connectivity index (χ1) is 13.9. The molecule has 3 aromatic carbocycles. The monoisotopic (exact) mass is 424 g/mol. The average Bonchev–Trinajstić information content (AvgIpc) is 2.66. The molecule has 0 radical (unpaired) electrons. The summed E-state index contributed by atoms with van der Waals surface area (Å²) in [6.07, 6.45) is -9.32. The van der Waals surface area contributed by atoms with Crippen molar-refractivity contribution < 1.29 is 36.2 Å². The van der Waals surface area contributed by atoms with E-state index in [1.165, 1.54) is 36.4 Å². The summed E-state index contributed by atoms with van der Waals surface area (Å²) >= 11 is 0. The van der Waals surface area contributed by atoms with Crippen molar-refractivity contribution in [3.63, 3.8) is 0 Å². The van der Waals surface area contributed by atoms with Gasteiger partial charge in [-0.25, -0.2) is 0 Å². The minimum atomic E-state index is -4.51. The lowest BCUT2D eigenvalue weighted by atomic mass is 9.91. The number of alkyl halides is 6. The highest BCUT2D eigenvalue weighted by molar-refractivity contribution is 5.85. The van der Waals surface area contributed by atoms with Crippen molar-refractivity contribution in [1.82, 2.24) is 0 Å². The van der Waals surface area contributed by atoms with Crippen LogP contribution in [-0.4, -0.2) is 11.1 Å². The predicted octanol–water partition coefficient (Wildman–Crippen LogP) is 6.69. The van der Waals surface area contributed by atoms with Crippen LogP contribution < -0.4 is 0 Å². The summed E-state index contributed by atoms with van der Waals surface area (Å²) in [4.78, 5) is 11.0. The number of hydrogen-bond acceptors (Lipinski definition) is 1. The number of carbonyl (C=O) groups is 1. The van der Waals surface area contributed by atoms with Crippen molar-refractivity contribution in [2.75, 3.05) is 0 Å². The van der Waals surface area contributed by atoms with E-state index in [0.717, 1.165) is 24.3 Å². The molecule has 0 fully saturated rings. The van der Waals surface area contributed by atoms with E-state index >= 15 is 0 Å². The van der Waals surface area contributed by atoms with Crippen LogP contribution >= 0.6 is 0 Å². The molecule has 0 bridgehead atoms. The second-order valence-corrected chi connectivity index (χ2v) is 6.60. The molecule has 0 aliphatic rings. The maximum atomic E-state index is 12.9. The molecular weight excluding hydrogens is 410 g/mol. The highest BCUT2D eigenvalue weighted by atomic mass is 19.4. The number of carboxylic acid groups (broad SMARTS) is 1. The number of hydrogen-bond donors (Lipinski definition) is 1. The summed E-state index contributed by atoms with van der Waals surface area (Å²) in [6, 6.07) is 13.2. The van der Waals surface area contributed by atoms with E-state index in [9.17, 15) is 31.1 Å². The smallest absolute Gasteiger partial charge is 0.416 e. The molecular formula is C22H14F6O2. The van der Waals surface area contributed by atoms with Crippen LogP contribution in [0.15, 0.2) is 66.7 Å². The van der Waals surface area contributed by atoms with Crippen LogP contribution in [0.3, 0.4) is 0 Å². The van der Waals surface area contributed by atoms with E-state index in [0.29, 0.717) is 27.8 Å². The zero-order valence-electron chi connectivity index (χ0n) is 15.2. The van der Waals surface area contributed by atoms with E-state index in [1.807, 2.05) is 0 Å². The SMILES string of the molecule is O=C(O)Cc1ccc(-c2ccc(C(F)(F)F)cc2)c(-c2ccc(C(F)(F)F)cc2)c1. The Kier molecular flexibility index (Phi) is 5.61. The Balaban J connectivity index is 2.10. The third-order valence-corrected chi connectivity index (χ3v) is 4.49. The molecule has 0 aliphatic heterocycles. The Labute approximate surface area is 167 Å². The molecule has 3 aromatic rings. The molecule has 30 heavy (non-hydrogen) atoms. The molecule has 156 valence electrons. The summed E-state index contributed by atoms with van der Waals surface area (Å²) in [5, 5.41) is 9.02. The van der Waals surface area contributed by atoms with Gasteiger partial charge in [-0.2, -0.15) is 26.3 Å². The van der Waals surface area contributed by atoms with E-state index in [2.05, 4.69) is 0 Å². The second kappa shape index (κ2) is 7.85. The third-order valence-electron chi connectivity index (χ3n) is 4.49. The fraction of sp³-hybridized carbons (Fsp3) is 0.136. The van der Waals surface area contributed by atoms with Gasteiger partial charge in [-0.1, -0.05) is 36.4 Å². The number of aliphatic carboxylic acids is 1. The lowest BCUT2D eigenvalue weighted by Crippen LogP contribution is -2.04. The molecule has 0 spiro atoms. The minimum absolute atomic E-state index is 0.305. The third kappa shape index (κ3) is 4.82. The molecule has 0 aliphatic carbocycles. The number of halogens is 6. The van der Waals surface area contributed by atoms with Gasteiger partial charge in [-0.05, 0) is 58.1 Å². The fourth-order valence-electron chi connectivity index (χ4n) is 3.04. The van der Waals surface area contributed by atoms with Gasteiger partial charge in [0.05, 0.1) is 17.5 Å². The highest BCUT2D eigenvalue weighted by Crippen LogP contribution is 2.37. The topological polar surface area (TPSA) is 37.3 Å². The summed E-state index contributed by atoms with van der Waals surface area (Å²) in [7, 11) is 0. The zero-order chi connectivity index (χ0) is 22.1. The molecule has 0 atom stereocenters. The molecule has 0 saturated carbocycles. The van der Waals surface area contributed by atoms with Gasteiger partial charge in [-0.15, -0.1) is 0 Å². The fourth-order valence-corrected chi connectivity index (χ4v) is 3.04. The molecule has 0 unspecified atom stereocenters. The van der Waals surface area contributed by atoms with Crippen molar-refractivity contribution in [2.45, 2.75) is 18.8 Å². The molecule has 1 N–H and O–H groups in total. The summed E-state index contributed by atoms with van der Waals surface area (Å²) in [5.41, 5.74) is 0.423. The average molecular weight is 424 g/mol. The van der Waals surface area contributed by atoms with Crippen molar-refractivity contribution in [2.24, 2.45) is 0 Å². The molecule has 8 heteroatoms. The molecule has 0 aromatic heterocycles. The Bertz CT molecular complexity index is 1050. The van der Waals surface area contributed by atoms with Gasteiger partial charge in [0.25, 0.3) is 0 Å². The molecule has 0 saturated heterocycles. The maximum absolute atomic E-state index is 12.9. The quantitative estimate of drug-likeness (QED) is 0.474.